The number of carbonyl (C=O) groups excluding carboxylic acids is 2. The lowest BCUT2D eigenvalue weighted by atomic mass is 10.1. The molecule has 0 bridgehead atoms. The molecule has 0 atom stereocenters. The monoisotopic (exact) mass is 507 g/mol. The molecule has 3 aromatic rings. The molecule has 1 heterocycles. The van der Waals surface area contributed by atoms with Crippen molar-refractivity contribution in [2.45, 2.75) is 31.6 Å². The van der Waals surface area contributed by atoms with E-state index in [0.717, 1.165) is 27.5 Å². The number of hydrogen-bond donors (Lipinski definition) is 1. The Balaban J connectivity index is 1.60. The van der Waals surface area contributed by atoms with Gasteiger partial charge in [-0.05, 0) is 68.3 Å². The molecule has 36 heavy (non-hydrogen) atoms. The molecule has 188 valence electrons. The molecule has 0 aromatic heterocycles. The van der Waals surface area contributed by atoms with Gasteiger partial charge in [0.05, 0.1) is 17.7 Å². The summed E-state index contributed by atoms with van der Waals surface area (Å²) in [5.74, 6) is 0.0581. The van der Waals surface area contributed by atoms with Crippen molar-refractivity contribution in [2.24, 2.45) is 0 Å². The van der Waals surface area contributed by atoms with Crippen molar-refractivity contribution in [1.29, 1.82) is 0 Å². The number of methoxy groups -OCH3 is 1. The first-order valence-electron chi connectivity index (χ1n) is 11.6. The molecule has 4 rings (SSSR count). The van der Waals surface area contributed by atoms with Gasteiger partial charge in [0.25, 0.3) is 10.0 Å². The third-order valence-electron chi connectivity index (χ3n) is 6.08. The number of amides is 2. The smallest absolute Gasteiger partial charge is 0.264 e. The summed E-state index contributed by atoms with van der Waals surface area (Å²) in [4.78, 5) is 27.0. The van der Waals surface area contributed by atoms with Gasteiger partial charge < -0.3 is 15.0 Å². The molecule has 1 fully saturated rings. The second-order valence-electron chi connectivity index (χ2n) is 8.72. The summed E-state index contributed by atoms with van der Waals surface area (Å²) in [6.45, 7) is 3.99. The topological polar surface area (TPSA) is 96.0 Å². The molecule has 8 nitrogen and oxygen atoms in total. The van der Waals surface area contributed by atoms with Gasteiger partial charge in [-0.1, -0.05) is 23.8 Å². The van der Waals surface area contributed by atoms with Crippen molar-refractivity contribution in [1.82, 2.24) is 0 Å². The molecule has 0 radical (unpaired) electrons. The summed E-state index contributed by atoms with van der Waals surface area (Å²) < 4.78 is 33.5. The van der Waals surface area contributed by atoms with E-state index in [0.29, 0.717) is 30.1 Å². The van der Waals surface area contributed by atoms with Crippen LogP contribution < -0.4 is 19.3 Å². The Morgan fingerprint density at radius 2 is 1.81 bits per heavy atom. The van der Waals surface area contributed by atoms with Crippen LogP contribution in [0.2, 0.25) is 0 Å². The highest BCUT2D eigenvalue weighted by Gasteiger charge is 2.28. The Morgan fingerprint density at radius 1 is 1.06 bits per heavy atom. The normalized spacial score (nSPS) is 13.5. The largest absolute Gasteiger partial charge is 0.497 e. The Morgan fingerprint density at radius 3 is 2.44 bits per heavy atom. The van der Waals surface area contributed by atoms with Gasteiger partial charge in [-0.15, -0.1) is 0 Å². The summed E-state index contributed by atoms with van der Waals surface area (Å²) in [5.41, 5.74) is 3.42. The zero-order chi connectivity index (χ0) is 25.9. The van der Waals surface area contributed by atoms with Gasteiger partial charge in [0.1, 0.15) is 12.3 Å². The minimum Gasteiger partial charge on any atom is -0.497 e. The van der Waals surface area contributed by atoms with E-state index in [9.17, 15) is 18.0 Å². The van der Waals surface area contributed by atoms with Crippen molar-refractivity contribution < 1.29 is 22.7 Å². The maximum absolute atomic E-state index is 13.6. The number of nitrogens with zero attached hydrogens (tertiary/aromatic N) is 2. The highest BCUT2D eigenvalue weighted by molar-refractivity contribution is 7.92. The number of rotatable bonds is 8. The number of benzene rings is 3. The zero-order valence-corrected chi connectivity index (χ0v) is 21.3. The van der Waals surface area contributed by atoms with Crippen molar-refractivity contribution in [2.75, 3.05) is 34.7 Å². The average molecular weight is 508 g/mol. The molecule has 9 heteroatoms. The number of hydrogen-bond acceptors (Lipinski definition) is 5. The quantitative estimate of drug-likeness (QED) is 0.491. The third kappa shape index (κ3) is 5.36. The summed E-state index contributed by atoms with van der Waals surface area (Å²) in [6, 6.07) is 18.4. The van der Waals surface area contributed by atoms with Gasteiger partial charge in [-0.2, -0.15) is 0 Å². The molecule has 0 unspecified atom stereocenters. The molecular weight excluding hydrogens is 478 g/mol. The van der Waals surface area contributed by atoms with Crippen molar-refractivity contribution in [3.05, 3.63) is 77.9 Å². The predicted molar refractivity (Wildman–Crippen MR) is 140 cm³/mol. The Kier molecular flexibility index (Phi) is 7.30. The highest BCUT2D eigenvalue weighted by atomic mass is 32.2. The summed E-state index contributed by atoms with van der Waals surface area (Å²) in [7, 11) is -2.55. The third-order valence-corrected chi connectivity index (χ3v) is 7.87. The van der Waals surface area contributed by atoms with E-state index in [1.165, 1.54) is 19.2 Å². The molecule has 1 N–H and O–H groups in total. The van der Waals surface area contributed by atoms with E-state index in [-0.39, 0.29) is 10.8 Å². The first-order chi connectivity index (χ1) is 17.2. The highest BCUT2D eigenvalue weighted by Crippen LogP contribution is 2.29. The van der Waals surface area contributed by atoms with Gasteiger partial charge in [0.2, 0.25) is 11.8 Å². The minimum atomic E-state index is -4.04. The standard InChI is InChI=1S/C27H29N3O5S/c1-19-9-12-24(13-10-19)36(33,34)30(22-6-4-7-23(17-22)35-3)18-26(31)28-21-11-14-25(20(2)16-21)29-15-5-8-27(29)32/h4,6-7,9-14,16-17H,5,8,15,18H2,1-3H3,(H,28,31). The molecular formula is C27H29N3O5S. The van der Waals surface area contributed by atoms with E-state index in [1.807, 2.05) is 13.8 Å². The molecule has 3 aromatic carbocycles. The van der Waals surface area contributed by atoms with Crippen LogP contribution in [0.1, 0.15) is 24.0 Å². The van der Waals surface area contributed by atoms with Crippen LogP contribution in [0.4, 0.5) is 17.1 Å². The minimum absolute atomic E-state index is 0.0826. The predicted octanol–water partition coefficient (Wildman–Crippen LogP) is 4.27. The Hall–Kier alpha value is -3.85. The van der Waals surface area contributed by atoms with E-state index in [1.54, 1.807) is 59.5 Å². The number of aryl methyl sites for hydroxylation is 2. The molecule has 1 saturated heterocycles. The summed E-state index contributed by atoms with van der Waals surface area (Å²) in [5, 5.41) is 2.79. The van der Waals surface area contributed by atoms with Crippen LogP contribution in [0, 0.1) is 13.8 Å². The van der Waals surface area contributed by atoms with E-state index in [4.69, 9.17) is 4.74 Å². The van der Waals surface area contributed by atoms with Gasteiger partial charge in [0, 0.05) is 30.4 Å². The number of nitrogens with one attached hydrogen (secondary N) is 1. The SMILES string of the molecule is COc1cccc(N(CC(=O)Nc2ccc(N3CCCC3=O)c(C)c2)S(=O)(=O)c2ccc(C)cc2)c1. The molecule has 1 aliphatic rings. The van der Waals surface area contributed by atoms with Crippen LogP contribution in [-0.4, -0.2) is 40.4 Å². The van der Waals surface area contributed by atoms with Gasteiger partial charge in [-0.3, -0.25) is 13.9 Å². The van der Waals surface area contributed by atoms with Crippen LogP contribution in [0.25, 0.3) is 0 Å². The lowest BCUT2D eigenvalue weighted by Gasteiger charge is -2.25. The second-order valence-corrected chi connectivity index (χ2v) is 10.6. The number of anilines is 3. The number of ether oxygens (including phenoxy) is 1. The fourth-order valence-electron chi connectivity index (χ4n) is 4.19. The van der Waals surface area contributed by atoms with Crippen LogP contribution in [0.3, 0.4) is 0 Å². The van der Waals surface area contributed by atoms with Crippen molar-refractivity contribution in [3.8, 4) is 5.75 Å². The van der Waals surface area contributed by atoms with Gasteiger partial charge in [0.15, 0.2) is 0 Å². The Labute approximate surface area is 211 Å². The van der Waals surface area contributed by atoms with Crippen LogP contribution in [0.5, 0.6) is 5.75 Å². The molecule has 0 saturated carbocycles. The first-order valence-corrected chi connectivity index (χ1v) is 13.1. The van der Waals surface area contributed by atoms with Crippen molar-refractivity contribution >= 4 is 38.9 Å². The number of carbonyl (C=O) groups is 2. The maximum Gasteiger partial charge on any atom is 0.264 e. The lowest BCUT2D eigenvalue weighted by molar-refractivity contribution is -0.117. The van der Waals surface area contributed by atoms with E-state index < -0.39 is 22.5 Å². The van der Waals surface area contributed by atoms with Crippen LogP contribution >= 0.6 is 0 Å². The van der Waals surface area contributed by atoms with Gasteiger partial charge in [-0.25, -0.2) is 8.42 Å². The molecule has 2 amide bonds. The average Bonchev–Trinajstić information content (AvgIpc) is 3.28. The molecule has 0 spiro atoms. The summed E-state index contributed by atoms with van der Waals surface area (Å²) >= 11 is 0. The summed E-state index contributed by atoms with van der Waals surface area (Å²) in [6.07, 6.45) is 1.36. The Bertz CT molecular complexity index is 1390. The fraction of sp³-hybridized carbons (Fsp3) is 0.259. The lowest BCUT2D eigenvalue weighted by Crippen LogP contribution is -2.38. The zero-order valence-electron chi connectivity index (χ0n) is 20.5. The fourth-order valence-corrected chi connectivity index (χ4v) is 5.60. The van der Waals surface area contributed by atoms with Crippen molar-refractivity contribution in [3.63, 3.8) is 0 Å². The van der Waals surface area contributed by atoms with Crippen LogP contribution in [-0.2, 0) is 19.6 Å². The van der Waals surface area contributed by atoms with Gasteiger partial charge >= 0.3 is 0 Å². The van der Waals surface area contributed by atoms with E-state index >= 15 is 0 Å². The van der Waals surface area contributed by atoms with Crippen LogP contribution in [0.15, 0.2) is 71.6 Å². The second kappa shape index (κ2) is 10.4. The first kappa shape index (κ1) is 25.2. The van der Waals surface area contributed by atoms with E-state index in [2.05, 4.69) is 5.32 Å². The maximum atomic E-state index is 13.6. The molecule has 1 aliphatic heterocycles. The number of sulfonamides is 1. The molecule has 0 aliphatic carbocycles.